The molecule has 0 saturated carbocycles. The van der Waals surface area contributed by atoms with E-state index in [4.69, 9.17) is 0 Å². The Labute approximate surface area is 136 Å². The number of nitrogens with zero attached hydrogens (tertiary/aromatic N) is 2. The number of anilines is 1. The molecular formula is C18H23N3O2. The summed E-state index contributed by atoms with van der Waals surface area (Å²) >= 11 is 0. The predicted octanol–water partition coefficient (Wildman–Crippen LogP) is 3.60. The minimum Gasteiger partial charge on any atom is -0.326 e. The molecule has 0 radical (unpaired) electrons. The van der Waals surface area contributed by atoms with Crippen LogP contribution in [0.4, 0.5) is 5.69 Å². The number of nitrogens with one attached hydrogen (secondary N) is 1. The number of carbonyl (C=O) groups is 2. The van der Waals surface area contributed by atoms with Gasteiger partial charge in [-0.15, -0.1) is 0 Å². The van der Waals surface area contributed by atoms with Gasteiger partial charge in [0.25, 0.3) is 0 Å². The lowest BCUT2D eigenvalue weighted by Crippen LogP contribution is -2.19. The Bertz CT molecular complexity index is 729. The van der Waals surface area contributed by atoms with Crippen LogP contribution in [0, 0.1) is 20.8 Å². The maximum Gasteiger partial charge on any atom is 0.226 e. The molecule has 2 aromatic rings. The molecule has 0 bridgehead atoms. The number of aryl methyl sites for hydroxylation is 1. The molecule has 1 aromatic carbocycles. The first-order valence-electron chi connectivity index (χ1n) is 7.72. The van der Waals surface area contributed by atoms with Gasteiger partial charge in [0.05, 0.1) is 11.7 Å². The fourth-order valence-electron chi connectivity index (χ4n) is 2.53. The molecule has 0 aliphatic carbocycles. The number of hydrogen-bond acceptors (Lipinski definition) is 3. The first kappa shape index (κ1) is 16.9. The Morgan fingerprint density at radius 1 is 1.17 bits per heavy atom. The molecule has 0 fully saturated rings. The number of ketones is 1. The lowest BCUT2D eigenvalue weighted by molar-refractivity contribution is -0.116. The highest BCUT2D eigenvalue weighted by Gasteiger charge is 2.16. The average molecular weight is 313 g/mol. The molecule has 1 aromatic heterocycles. The van der Waals surface area contributed by atoms with Crippen LogP contribution in [0.3, 0.4) is 0 Å². The zero-order chi connectivity index (χ0) is 17.1. The molecule has 1 amide bonds. The van der Waals surface area contributed by atoms with Crippen molar-refractivity contribution in [1.29, 1.82) is 0 Å². The number of Topliss-reactive ketones (excluding diaryl/α,β-unsaturated/α-hetero) is 1. The molecule has 1 N–H and O–H groups in total. The van der Waals surface area contributed by atoms with Crippen LogP contribution in [0.25, 0.3) is 0 Å². The van der Waals surface area contributed by atoms with Crippen molar-refractivity contribution in [3.8, 4) is 0 Å². The van der Waals surface area contributed by atoms with Gasteiger partial charge in [0.1, 0.15) is 0 Å². The molecule has 2 rings (SSSR count). The van der Waals surface area contributed by atoms with Crippen molar-refractivity contribution in [2.45, 2.75) is 47.1 Å². The molecule has 0 aliphatic rings. The number of amides is 1. The van der Waals surface area contributed by atoms with Gasteiger partial charge in [-0.25, -0.2) is 0 Å². The molecule has 122 valence electrons. The molecule has 0 unspecified atom stereocenters. The highest BCUT2D eigenvalue weighted by Crippen LogP contribution is 2.19. The van der Waals surface area contributed by atoms with Crippen molar-refractivity contribution in [3.63, 3.8) is 0 Å². The smallest absolute Gasteiger partial charge is 0.226 e. The Morgan fingerprint density at radius 2 is 1.78 bits per heavy atom. The zero-order valence-electron chi connectivity index (χ0n) is 14.3. The molecule has 0 aliphatic heterocycles. The van der Waals surface area contributed by atoms with E-state index >= 15 is 0 Å². The predicted molar refractivity (Wildman–Crippen MR) is 90.8 cm³/mol. The van der Waals surface area contributed by atoms with Gasteiger partial charge in [0, 0.05) is 23.4 Å². The highest BCUT2D eigenvalue weighted by atomic mass is 16.1. The lowest BCUT2D eigenvalue weighted by atomic mass is 10.1. The van der Waals surface area contributed by atoms with Crippen molar-refractivity contribution >= 4 is 17.4 Å². The topological polar surface area (TPSA) is 64.0 Å². The van der Waals surface area contributed by atoms with Crippen LogP contribution >= 0.6 is 0 Å². The van der Waals surface area contributed by atoms with E-state index in [1.807, 2.05) is 32.4 Å². The fraction of sp³-hybridized carbons (Fsp3) is 0.389. The summed E-state index contributed by atoms with van der Waals surface area (Å²) in [4.78, 5) is 23.4. The van der Waals surface area contributed by atoms with E-state index in [9.17, 15) is 9.59 Å². The van der Waals surface area contributed by atoms with E-state index in [1.165, 1.54) is 6.92 Å². The third-order valence-electron chi connectivity index (χ3n) is 4.16. The minimum atomic E-state index is -0.0710. The second kappa shape index (κ2) is 6.77. The normalized spacial score (nSPS) is 12.0. The quantitative estimate of drug-likeness (QED) is 0.858. The first-order chi connectivity index (χ1) is 10.8. The van der Waals surface area contributed by atoms with Crippen LogP contribution in [0.1, 0.15) is 53.6 Å². The van der Waals surface area contributed by atoms with Crippen molar-refractivity contribution in [1.82, 2.24) is 9.78 Å². The summed E-state index contributed by atoms with van der Waals surface area (Å²) in [5.74, 6) is -0.0605. The number of rotatable bonds is 5. The summed E-state index contributed by atoms with van der Waals surface area (Å²) in [6.07, 6.45) is 0.343. The summed E-state index contributed by atoms with van der Waals surface area (Å²) in [6, 6.07) is 6.90. The van der Waals surface area contributed by atoms with E-state index < -0.39 is 0 Å². The van der Waals surface area contributed by atoms with Gasteiger partial charge in [-0.3, -0.25) is 14.3 Å². The maximum absolute atomic E-state index is 12.2. The molecule has 1 heterocycles. The summed E-state index contributed by atoms with van der Waals surface area (Å²) in [7, 11) is 0. The molecule has 0 spiro atoms. The Kier molecular flexibility index (Phi) is 4.98. The van der Waals surface area contributed by atoms with E-state index in [0.717, 1.165) is 17.0 Å². The number of benzene rings is 1. The zero-order valence-corrected chi connectivity index (χ0v) is 14.3. The largest absolute Gasteiger partial charge is 0.326 e. The molecule has 0 saturated heterocycles. The van der Waals surface area contributed by atoms with Gasteiger partial charge in [-0.05, 0) is 64.4 Å². The van der Waals surface area contributed by atoms with Gasteiger partial charge in [0.2, 0.25) is 5.91 Å². The molecule has 1 atom stereocenters. The molecule has 23 heavy (non-hydrogen) atoms. The van der Waals surface area contributed by atoms with Crippen LogP contribution in [-0.4, -0.2) is 21.5 Å². The Hall–Kier alpha value is -2.43. The second-order valence-electron chi connectivity index (χ2n) is 5.98. The number of aromatic nitrogens is 2. The van der Waals surface area contributed by atoms with E-state index in [-0.39, 0.29) is 17.7 Å². The summed E-state index contributed by atoms with van der Waals surface area (Å²) in [5.41, 5.74) is 4.58. The second-order valence-corrected chi connectivity index (χ2v) is 5.98. The van der Waals surface area contributed by atoms with Crippen LogP contribution in [0.5, 0.6) is 0 Å². The van der Waals surface area contributed by atoms with Crippen molar-refractivity contribution in [2.24, 2.45) is 0 Å². The van der Waals surface area contributed by atoms with Gasteiger partial charge >= 0.3 is 0 Å². The van der Waals surface area contributed by atoms with Gasteiger partial charge in [0.15, 0.2) is 5.78 Å². The fourth-order valence-corrected chi connectivity index (χ4v) is 2.53. The van der Waals surface area contributed by atoms with Crippen molar-refractivity contribution in [3.05, 3.63) is 46.8 Å². The van der Waals surface area contributed by atoms with E-state index in [1.54, 1.807) is 24.3 Å². The van der Waals surface area contributed by atoms with Gasteiger partial charge < -0.3 is 5.32 Å². The Morgan fingerprint density at radius 3 is 2.26 bits per heavy atom. The van der Waals surface area contributed by atoms with Crippen LogP contribution in [0.2, 0.25) is 0 Å². The third-order valence-corrected chi connectivity index (χ3v) is 4.16. The number of hydrogen-bond donors (Lipinski definition) is 1. The van der Waals surface area contributed by atoms with E-state index in [0.29, 0.717) is 17.7 Å². The highest BCUT2D eigenvalue weighted by molar-refractivity contribution is 5.95. The molecular weight excluding hydrogens is 290 g/mol. The van der Waals surface area contributed by atoms with Crippen LogP contribution < -0.4 is 5.32 Å². The lowest BCUT2D eigenvalue weighted by Gasteiger charge is -2.14. The van der Waals surface area contributed by atoms with Crippen molar-refractivity contribution < 1.29 is 9.59 Å². The number of carbonyl (C=O) groups excluding carboxylic acids is 2. The SMILES string of the molecule is CC(=O)c1ccc(NC(=O)C[C@H](C)n2nc(C)c(C)c2C)cc1. The van der Waals surface area contributed by atoms with Crippen molar-refractivity contribution in [2.75, 3.05) is 5.32 Å². The first-order valence-corrected chi connectivity index (χ1v) is 7.72. The monoisotopic (exact) mass is 313 g/mol. The van der Waals surface area contributed by atoms with Crippen LogP contribution in [0.15, 0.2) is 24.3 Å². The van der Waals surface area contributed by atoms with Gasteiger partial charge in [-0.1, -0.05) is 0 Å². The minimum absolute atomic E-state index is 0.0106. The summed E-state index contributed by atoms with van der Waals surface area (Å²) in [5, 5.41) is 7.36. The summed E-state index contributed by atoms with van der Waals surface area (Å²) in [6.45, 7) is 9.53. The summed E-state index contributed by atoms with van der Waals surface area (Å²) < 4.78 is 1.91. The maximum atomic E-state index is 12.2. The Balaban J connectivity index is 2.01. The molecule has 5 nitrogen and oxygen atoms in total. The van der Waals surface area contributed by atoms with Crippen LogP contribution in [-0.2, 0) is 4.79 Å². The average Bonchev–Trinajstić information content (AvgIpc) is 2.75. The van der Waals surface area contributed by atoms with E-state index in [2.05, 4.69) is 10.4 Å². The van der Waals surface area contributed by atoms with Gasteiger partial charge in [-0.2, -0.15) is 5.10 Å². The standard InChI is InChI=1S/C18H23N3O2/c1-11(21-14(4)12(2)13(3)20-21)10-18(23)19-17-8-6-16(7-9-17)15(5)22/h6-9,11H,10H2,1-5H3,(H,19,23)/t11-/m0/s1. The molecule has 5 heteroatoms. The third kappa shape index (κ3) is 3.86.